The van der Waals surface area contributed by atoms with E-state index in [2.05, 4.69) is 10.3 Å². The van der Waals surface area contributed by atoms with Crippen molar-refractivity contribution in [2.45, 2.75) is 33.1 Å². The Bertz CT molecular complexity index is 628. The first-order chi connectivity index (χ1) is 9.32. The zero-order valence-electron chi connectivity index (χ0n) is 12.4. The Kier molecular flexibility index (Phi) is 3.84. The van der Waals surface area contributed by atoms with Gasteiger partial charge in [-0.05, 0) is 43.5 Å². The van der Waals surface area contributed by atoms with Gasteiger partial charge in [-0.15, -0.1) is 0 Å². The largest absolute Gasteiger partial charge is 0.361 e. The molecule has 0 aliphatic rings. The van der Waals surface area contributed by atoms with Crippen LogP contribution in [0.4, 0.5) is 4.39 Å². The summed E-state index contributed by atoms with van der Waals surface area (Å²) in [6.45, 7) is 8.45. The summed E-state index contributed by atoms with van der Waals surface area (Å²) in [6, 6.07) is 4.57. The van der Waals surface area contributed by atoms with Crippen LogP contribution in [-0.4, -0.2) is 17.4 Å². The zero-order valence-corrected chi connectivity index (χ0v) is 12.4. The molecule has 0 atom stereocenters. The molecule has 0 unspecified atom stereocenters. The van der Waals surface area contributed by atoms with Crippen LogP contribution in [0, 0.1) is 11.7 Å². The molecule has 0 fully saturated rings. The number of halogens is 1. The summed E-state index contributed by atoms with van der Waals surface area (Å²) in [5, 5.41) is 3.70. The van der Waals surface area contributed by atoms with Crippen LogP contribution in [0.15, 0.2) is 24.4 Å². The first-order valence-electron chi connectivity index (χ1n) is 6.87. The highest BCUT2D eigenvalue weighted by atomic mass is 19.1. The van der Waals surface area contributed by atoms with E-state index >= 15 is 0 Å². The number of amides is 1. The zero-order chi connectivity index (χ0) is 14.9. The van der Waals surface area contributed by atoms with Crippen molar-refractivity contribution in [3.05, 3.63) is 35.8 Å². The maximum atomic E-state index is 13.4. The highest BCUT2D eigenvalue weighted by molar-refractivity contribution is 5.94. The highest BCUT2D eigenvalue weighted by Crippen LogP contribution is 2.31. The first-order valence-corrected chi connectivity index (χ1v) is 6.87. The summed E-state index contributed by atoms with van der Waals surface area (Å²) in [5.74, 6) is 0.0586. The number of carbonyl (C=O) groups excluding carboxylic acids is 1. The van der Waals surface area contributed by atoms with Gasteiger partial charge in [0.2, 0.25) is 5.91 Å². The van der Waals surface area contributed by atoms with E-state index in [-0.39, 0.29) is 11.7 Å². The number of carbonyl (C=O) groups is 1. The smallest absolute Gasteiger partial charge is 0.230 e. The summed E-state index contributed by atoms with van der Waals surface area (Å²) in [6.07, 6.45) is 1.79. The van der Waals surface area contributed by atoms with Crippen LogP contribution in [0.5, 0.6) is 0 Å². The average molecular weight is 276 g/mol. The summed E-state index contributed by atoms with van der Waals surface area (Å²) < 4.78 is 13.4. The number of benzene rings is 1. The molecule has 20 heavy (non-hydrogen) atoms. The second-order valence-corrected chi connectivity index (χ2v) is 6.12. The third kappa shape index (κ3) is 2.69. The predicted molar refractivity (Wildman–Crippen MR) is 79.1 cm³/mol. The molecule has 1 heterocycles. The van der Waals surface area contributed by atoms with Gasteiger partial charge in [-0.1, -0.05) is 13.8 Å². The Morgan fingerprint density at radius 3 is 2.75 bits per heavy atom. The van der Waals surface area contributed by atoms with E-state index in [1.54, 1.807) is 12.3 Å². The van der Waals surface area contributed by atoms with Crippen molar-refractivity contribution in [1.29, 1.82) is 0 Å². The Labute approximate surface area is 118 Å². The standard InChI is InChI=1S/C16H21FN2O/c1-10(2)8-19-15(20)16(3,4)13-9-18-14-6-5-11(17)7-12(13)14/h5-7,9-10,18H,8H2,1-4H3,(H,19,20). The van der Waals surface area contributed by atoms with Crippen molar-refractivity contribution in [3.8, 4) is 0 Å². The lowest BCUT2D eigenvalue weighted by Crippen LogP contribution is -2.41. The number of aromatic amines is 1. The van der Waals surface area contributed by atoms with Gasteiger partial charge in [-0.2, -0.15) is 0 Å². The minimum absolute atomic E-state index is 0.0450. The minimum atomic E-state index is -0.707. The molecule has 0 bridgehead atoms. The fourth-order valence-corrected chi connectivity index (χ4v) is 2.25. The van der Waals surface area contributed by atoms with E-state index in [4.69, 9.17) is 0 Å². The number of fused-ring (bicyclic) bond motifs is 1. The Morgan fingerprint density at radius 1 is 1.40 bits per heavy atom. The number of nitrogens with one attached hydrogen (secondary N) is 2. The molecule has 0 aliphatic heterocycles. The van der Waals surface area contributed by atoms with Crippen molar-refractivity contribution < 1.29 is 9.18 Å². The normalized spacial score (nSPS) is 12.1. The van der Waals surface area contributed by atoms with Gasteiger partial charge in [-0.3, -0.25) is 4.79 Å². The predicted octanol–water partition coefficient (Wildman–Crippen LogP) is 3.36. The lowest BCUT2D eigenvalue weighted by molar-refractivity contribution is -0.125. The van der Waals surface area contributed by atoms with Crippen LogP contribution in [0.2, 0.25) is 0 Å². The third-order valence-electron chi connectivity index (χ3n) is 3.56. The van der Waals surface area contributed by atoms with Crippen molar-refractivity contribution in [2.24, 2.45) is 5.92 Å². The van der Waals surface area contributed by atoms with Crippen molar-refractivity contribution in [2.75, 3.05) is 6.54 Å². The second kappa shape index (κ2) is 5.27. The van der Waals surface area contributed by atoms with Crippen LogP contribution in [0.1, 0.15) is 33.3 Å². The van der Waals surface area contributed by atoms with Gasteiger partial charge in [0, 0.05) is 23.6 Å². The Morgan fingerprint density at radius 2 is 2.10 bits per heavy atom. The molecule has 2 rings (SSSR count). The second-order valence-electron chi connectivity index (χ2n) is 6.12. The molecule has 108 valence electrons. The van der Waals surface area contributed by atoms with Gasteiger partial charge in [0.1, 0.15) is 5.82 Å². The quantitative estimate of drug-likeness (QED) is 0.883. The topological polar surface area (TPSA) is 44.9 Å². The van der Waals surface area contributed by atoms with E-state index in [1.807, 2.05) is 27.7 Å². The maximum Gasteiger partial charge on any atom is 0.230 e. The molecule has 1 amide bonds. The Balaban J connectivity index is 2.36. The molecule has 1 aromatic carbocycles. The molecular weight excluding hydrogens is 255 g/mol. The number of H-pyrrole nitrogens is 1. The van der Waals surface area contributed by atoms with Crippen molar-refractivity contribution in [1.82, 2.24) is 10.3 Å². The lowest BCUT2D eigenvalue weighted by atomic mass is 9.83. The maximum absolute atomic E-state index is 13.4. The van der Waals surface area contributed by atoms with Crippen LogP contribution < -0.4 is 5.32 Å². The van der Waals surface area contributed by atoms with E-state index in [0.717, 1.165) is 16.5 Å². The average Bonchev–Trinajstić information content (AvgIpc) is 2.79. The molecule has 2 aromatic rings. The van der Waals surface area contributed by atoms with Gasteiger partial charge < -0.3 is 10.3 Å². The van der Waals surface area contributed by atoms with Crippen molar-refractivity contribution >= 4 is 16.8 Å². The van der Waals surface area contributed by atoms with Crippen LogP contribution in [0.3, 0.4) is 0 Å². The van der Waals surface area contributed by atoms with Crippen LogP contribution in [0.25, 0.3) is 10.9 Å². The van der Waals surface area contributed by atoms with Gasteiger partial charge in [0.15, 0.2) is 0 Å². The number of hydrogen-bond acceptors (Lipinski definition) is 1. The SMILES string of the molecule is CC(C)CNC(=O)C(C)(C)c1c[nH]c2ccc(F)cc12. The van der Waals surface area contributed by atoms with Gasteiger partial charge >= 0.3 is 0 Å². The number of aromatic nitrogens is 1. The molecule has 0 saturated heterocycles. The Hall–Kier alpha value is -1.84. The lowest BCUT2D eigenvalue weighted by Gasteiger charge is -2.24. The van der Waals surface area contributed by atoms with Gasteiger partial charge in [0.25, 0.3) is 0 Å². The molecule has 0 saturated carbocycles. The summed E-state index contributed by atoms with van der Waals surface area (Å²) in [4.78, 5) is 15.5. The van der Waals surface area contributed by atoms with Gasteiger partial charge in [0.05, 0.1) is 5.41 Å². The van der Waals surface area contributed by atoms with E-state index in [0.29, 0.717) is 12.5 Å². The fraction of sp³-hybridized carbons (Fsp3) is 0.438. The monoisotopic (exact) mass is 276 g/mol. The minimum Gasteiger partial charge on any atom is -0.361 e. The first kappa shape index (κ1) is 14.6. The fourth-order valence-electron chi connectivity index (χ4n) is 2.25. The van der Waals surface area contributed by atoms with Crippen molar-refractivity contribution in [3.63, 3.8) is 0 Å². The van der Waals surface area contributed by atoms with E-state index in [1.165, 1.54) is 12.1 Å². The molecule has 0 radical (unpaired) electrons. The summed E-state index contributed by atoms with van der Waals surface area (Å²) in [7, 11) is 0. The molecule has 3 nitrogen and oxygen atoms in total. The summed E-state index contributed by atoms with van der Waals surface area (Å²) in [5.41, 5.74) is 0.945. The molecule has 0 aliphatic carbocycles. The molecule has 0 spiro atoms. The van der Waals surface area contributed by atoms with Crippen LogP contribution >= 0.6 is 0 Å². The molecule has 1 aromatic heterocycles. The molecule has 2 N–H and O–H groups in total. The van der Waals surface area contributed by atoms with Gasteiger partial charge in [-0.25, -0.2) is 4.39 Å². The number of hydrogen-bond donors (Lipinski definition) is 2. The summed E-state index contributed by atoms with van der Waals surface area (Å²) >= 11 is 0. The number of rotatable bonds is 4. The van der Waals surface area contributed by atoms with E-state index in [9.17, 15) is 9.18 Å². The van der Waals surface area contributed by atoms with E-state index < -0.39 is 5.41 Å². The molecule has 4 heteroatoms. The van der Waals surface area contributed by atoms with Crippen LogP contribution in [-0.2, 0) is 10.2 Å². The highest BCUT2D eigenvalue weighted by Gasteiger charge is 2.32. The molecular formula is C16H21FN2O. The third-order valence-corrected chi connectivity index (χ3v) is 3.56.